The zero-order valence-electron chi connectivity index (χ0n) is 18.7. The molecule has 5 atom stereocenters. The lowest BCUT2D eigenvalue weighted by Gasteiger charge is -2.40. The summed E-state index contributed by atoms with van der Waals surface area (Å²) in [6, 6.07) is 9.34. The van der Waals surface area contributed by atoms with Gasteiger partial charge in [0.25, 0.3) is 0 Å². The molecule has 0 aromatic heterocycles. The van der Waals surface area contributed by atoms with Gasteiger partial charge in [-0.25, -0.2) is 4.79 Å². The summed E-state index contributed by atoms with van der Waals surface area (Å²) in [5, 5.41) is 30.3. The van der Waals surface area contributed by atoms with Crippen LogP contribution in [0.15, 0.2) is 30.3 Å². The summed E-state index contributed by atoms with van der Waals surface area (Å²) in [5.41, 5.74) is 1.04. The highest BCUT2D eigenvalue weighted by molar-refractivity contribution is 6.39. The molecule has 1 saturated heterocycles. The van der Waals surface area contributed by atoms with Gasteiger partial charge in [0, 0.05) is 7.11 Å². The monoisotopic (exact) mass is 516 g/mol. The van der Waals surface area contributed by atoms with Crippen LogP contribution in [0.4, 0.5) is 0 Å². The van der Waals surface area contributed by atoms with Crippen molar-refractivity contribution >= 4 is 29.2 Å². The first kappa shape index (κ1) is 26.5. The Balaban J connectivity index is 1.90. The standard InChI is InChI=1S/C23H26Cl2O9/c1-11-14(22(29)34-19-13(9-26)33-23(31-3)18(28)17(19)27)20(30-2)16(25)21(15(11)24)32-10-12-7-5-4-6-8-12/h4-8,13,17-19,23,26-28H,9-10H2,1-3H3/t13-,17-,18-,19-,23+/m1/s1. The van der Waals surface area contributed by atoms with Crippen molar-refractivity contribution in [3.05, 3.63) is 57.1 Å². The second kappa shape index (κ2) is 11.5. The van der Waals surface area contributed by atoms with Crippen LogP contribution in [0, 0.1) is 6.92 Å². The van der Waals surface area contributed by atoms with E-state index in [9.17, 15) is 20.1 Å². The number of hydrogen-bond acceptors (Lipinski definition) is 9. The summed E-state index contributed by atoms with van der Waals surface area (Å²) in [6.45, 7) is 1.13. The minimum absolute atomic E-state index is 0.0420. The fourth-order valence-corrected chi connectivity index (χ4v) is 4.24. The van der Waals surface area contributed by atoms with Gasteiger partial charge in [-0.1, -0.05) is 53.5 Å². The molecule has 1 aliphatic rings. The summed E-state index contributed by atoms with van der Waals surface area (Å²) in [4.78, 5) is 13.2. The number of benzene rings is 2. The zero-order chi connectivity index (χ0) is 25.0. The van der Waals surface area contributed by atoms with E-state index >= 15 is 0 Å². The van der Waals surface area contributed by atoms with Crippen LogP contribution in [0.1, 0.15) is 21.5 Å². The van der Waals surface area contributed by atoms with Gasteiger partial charge in [-0.3, -0.25) is 0 Å². The maximum atomic E-state index is 13.2. The average Bonchev–Trinajstić information content (AvgIpc) is 2.84. The molecule has 1 aliphatic heterocycles. The second-order valence-electron chi connectivity index (χ2n) is 7.58. The van der Waals surface area contributed by atoms with Crippen molar-refractivity contribution in [3.8, 4) is 11.5 Å². The number of methoxy groups -OCH3 is 2. The molecule has 9 nitrogen and oxygen atoms in total. The SMILES string of the molecule is COc1c(Cl)c(OCc2ccccc2)c(Cl)c(C)c1C(=O)O[C@H]1[C@H](O)[C@@H](O)[C@@H](OC)O[C@@H]1CO. The van der Waals surface area contributed by atoms with Crippen molar-refractivity contribution in [2.75, 3.05) is 20.8 Å². The van der Waals surface area contributed by atoms with E-state index in [0.29, 0.717) is 0 Å². The molecule has 186 valence electrons. The lowest BCUT2D eigenvalue weighted by atomic mass is 9.98. The van der Waals surface area contributed by atoms with Crippen molar-refractivity contribution in [1.29, 1.82) is 0 Å². The fraction of sp³-hybridized carbons (Fsp3) is 0.435. The number of rotatable bonds is 8. The second-order valence-corrected chi connectivity index (χ2v) is 8.33. The number of carbonyl (C=O) groups is 1. The van der Waals surface area contributed by atoms with Crippen LogP contribution < -0.4 is 9.47 Å². The molecule has 0 aliphatic carbocycles. The highest BCUT2D eigenvalue weighted by atomic mass is 35.5. The Hall–Kier alpha value is -2.11. The molecule has 3 rings (SSSR count). The van der Waals surface area contributed by atoms with Gasteiger partial charge in [0.2, 0.25) is 0 Å². The molecular weight excluding hydrogens is 491 g/mol. The van der Waals surface area contributed by atoms with Crippen LogP contribution in [-0.4, -0.2) is 72.8 Å². The van der Waals surface area contributed by atoms with Gasteiger partial charge in [0.15, 0.2) is 23.9 Å². The van der Waals surface area contributed by atoms with Gasteiger partial charge in [-0.05, 0) is 18.1 Å². The smallest absolute Gasteiger partial charge is 0.342 e. The summed E-state index contributed by atoms with van der Waals surface area (Å²) in [7, 11) is 2.58. The molecular formula is C23H26Cl2O9. The fourth-order valence-electron chi connectivity index (χ4n) is 3.63. The summed E-state index contributed by atoms with van der Waals surface area (Å²) < 4.78 is 26.9. The van der Waals surface area contributed by atoms with Crippen LogP contribution in [-0.2, 0) is 20.8 Å². The van der Waals surface area contributed by atoms with E-state index in [4.69, 9.17) is 46.9 Å². The normalized spacial score (nSPS) is 24.5. The lowest BCUT2D eigenvalue weighted by Crippen LogP contribution is -2.60. The highest BCUT2D eigenvalue weighted by Gasteiger charge is 2.47. The molecule has 0 amide bonds. The first-order chi connectivity index (χ1) is 16.2. The molecule has 1 heterocycles. The van der Waals surface area contributed by atoms with Gasteiger partial charge >= 0.3 is 5.97 Å². The average molecular weight is 517 g/mol. The van der Waals surface area contributed by atoms with E-state index in [1.165, 1.54) is 14.2 Å². The Morgan fingerprint density at radius 3 is 2.32 bits per heavy atom. The molecule has 0 unspecified atom stereocenters. The largest absolute Gasteiger partial charge is 0.494 e. The number of halogens is 2. The Labute approximate surface area is 206 Å². The number of aliphatic hydroxyl groups is 3. The quantitative estimate of drug-likeness (QED) is 0.453. The van der Waals surface area contributed by atoms with E-state index in [1.54, 1.807) is 6.92 Å². The number of ether oxygens (including phenoxy) is 5. The molecule has 34 heavy (non-hydrogen) atoms. The summed E-state index contributed by atoms with van der Waals surface area (Å²) >= 11 is 13.0. The van der Waals surface area contributed by atoms with Crippen LogP contribution >= 0.6 is 23.2 Å². The Morgan fingerprint density at radius 2 is 1.74 bits per heavy atom. The van der Waals surface area contributed by atoms with Gasteiger partial charge in [-0.2, -0.15) is 0 Å². The first-order valence-corrected chi connectivity index (χ1v) is 11.1. The highest BCUT2D eigenvalue weighted by Crippen LogP contribution is 2.46. The summed E-state index contributed by atoms with van der Waals surface area (Å²) in [5.74, 6) is -0.869. The van der Waals surface area contributed by atoms with E-state index in [2.05, 4.69) is 0 Å². The minimum atomic E-state index is -1.59. The summed E-state index contributed by atoms with van der Waals surface area (Å²) in [6.07, 6.45) is -6.88. The van der Waals surface area contributed by atoms with Gasteiger partial charge in [0.05, 0.1) is 18.7 Å². The predicted molar refractivity (Wildman–Crippen MR) is 122 cm³/mol. The van der Waals surface area contributed by atoms with Crippen LogP contribution in [0.3, 0.4) is 0 Å². The molecule has 1 fully saturated rings. The Kier molecular flexibility index (Phi) is 9.00. The first-order valence-electron chi connectivity index (χ1n) is 10.3. The van der Waals surface area contributed by atoms with Crippen LogP contribution in [0.5, 0.6) is 11.5 Å². The Bertz CT molecular complexity index is 1000. The van der Waals surface area contributed by atoms with Crippen molar-refractivity contribution < 1.29 is 43.8 Å². The molecule has 0 saturated carbocycles. The maximum absolute atomic E-state index is 13.2. The molecule has 0 spiro atoms. The van der Waals surface area contributed by atoms with Gasteiger partial charge in [-0.15, -0.1) is 0 Å². The zero-order valence-corrected chi connectivity index (χ0v) is 20.2. The van der Waals surface area contributed by atoms with E-state index in [-0.39, 0.29) is 39.3 Å². The van der Waals surface area contributed by atoms with Crippen molar-refractivity contribution in [1.82, 2.24) is 0 Å². The third-order valence-corrected chi connectivity index (χ3v) is 6.26. The number of carbonyl (C=O) groups excluding carboxylic acids is 1. The van der Waals surface area contributed by atoms with E-state index in [1.807, 2.05) is 30.3 Å². The van der Waals surface area contributed by atoms with Gasteiger partial charge < -0.3 is 39.0 Å². The molecule has 0 bridgehead atoms. The molecule has 0 radical (unpaired) electrons. The third kappa shape index (κ3) is 5.26. The Morgan fingerprint density at radius 1 is 1.06 bits per heavy atom. The van der Waals surface area contributed by atoms with Crippen LogP contribution in [0.25, 0.3) is 0 Å². The minimum Gasteiger partial charge on any atom is -0.494 e. The number of aliphatic hydroxyl groups excluding tert-OH is 3. The molecule has 3 N–H and O–H groups in total. The number of esters is 1. The van der Waals surface area contributed by atoms with E-state index < -0.39 is 43.3 Å². The molecule has 11 heteroatoms. The predicted octanol–water partition coefficient (Wildman–Crippen LogP) is 2.50. The lowest BCUT2D eigenvalue weighted by molar-refractivity contribution is -0.293. The molecule has 2 aromatic carbocycles. The number of hydrogen-bond donors (Lipinski definition) is 3. The van der Waals surface area contributed by atoms with Crippen molar-refractivity contribution in [2.45, 2.75) is 44.2 Å². The van der Waals surface area contributed by atoms with Crippen LogP contribution in [0.2, 0.25) is 10.0 Å². The van der Waals surface area contributed by atoms with E-state index in [0.717, 1.165) is 5.56 Å². The maximum Gasteiger partial charge on any atom is 0.342 e. The molecule has 2 aromatic rings. The van der Waals surface area contributed by atoms with Crippen molar-refractivity contribution in [2.24, 2.45) is 0 Å². The topological polar surface area (TPSA) is 124 Å². The third-order valence-electron chi connectivity index (χ3n) is 5.46. The van der Waals surface area contributed by atoms with Gasteiger partial charge in [0.1, 0.15) is 35.5 Å². The van der Waals surface area contributed by atoms with Crippen molar-refractivity contribution in [3.63, 3.8) is 0 Å².